The van der Waals surface area contributed by atoms with Crippen LogP contribution in [0, 0.1) is 6.92 Å². The molecule has 6 nitrogen and oxygen atoms in total. The van der Waals surface area contributed by atoms with Crippen LogP contribution in [0.5, 0.6) is 0 Å². The van der Waals surface area contributed by atoms with Gasteiger partial charge in [-0.3, -0.25) is 4.99 Å². The number of benzene rings is 1. The molecule has 0 radical (unpaired) electrons. The Morgan fingerprint density at radius 3 is 2.74 bits per heavy atom. The van der Waals surface area contributed by atoms with Crippen molar-refractivity contribution in [3.8, 4) is 0 Å². The van der Waals surface area contributed by atoms with E-state index in [4.69, 9.17) is 4.74 Å². The minimum Gasteiger partial charge on any atom is -0.381 e. The van der Waals surface area contributed by atoms with E-state index in [0.717, 1.165) is 51.5 Å². The van der Waals surface area contributed by atoms with Crippen molar-refractivity contribution in [2.75, 3.05) is 47.4 Å². The van der Waals surface area contributed by atoms with Crippen molar-refractivity contribution < 1.29 is 4.74 Å². The van der Waals surface area contributed by atoms with Crippen LogP contribution >= 0.6 is 0 Å². The minimum atomic E-state index is 0.130. The maximum absolute atomic E-state index is 5.55. The van der Waals surface area contributed by atoms with E-state index in [2.05, 4.69) is 70.9 Å². The lowest BCUT2D eigenvalue weighted by Gasteiger charge is -2.43. The normalized spacial score (nSPS) is 17.4. The topological polar surface area (TPSA) is 64.7 Å². The van der Waals surface area contributed by atoms with Gasteiger partial charge in [0.1, 0.15) is 0 Å². The van der Waals surface area contributed by atoms with Crippen LogP contribution < -0.4 is 10.6 Å². The van der Waals surface area contributed by atoms with Gasteiger partial charge in [-0.2, -0.15) is 0 Å². The second-order valence-corrected chi connectivity index (χ2v) is 7.70. The fourth-order valence-electron chi connectivity index (χ4n) is 3.82. The molecular formula is C21H33N5O. The number of nitrogens with one attached hydrogen (secondary N) is 3. The molecule has 0 spiro atoms. The van der Waals surface area contributed by atoms with Gasteiger partial charge in [-0.1, -0.05) is 12.1 Å². The van der Waals surface area contributed by atoms with Gasteiger partial charge in [0.05, 0.1) is 0 Å². The predicted octanol–water partition coefficient (Wildman–Crippen LogP) is 2.29. The summed E-state index contributed by atoms with van der Waals surface area (Å²) in [5, 5.41) is 8.28. The first kappa shape index (κ1) is 19.7. The third kappa shape index (κ3) is 4.62. The Hall–Kier alpha value is -2.05. The summed E-state index contributed by atoms with van der Waals surface area (Å²) < 4.78 is 5.55. The summed E-state index contributed by atoms with van der Waals surface area (Å²) in [6.45, 7) is 5.49. The molecule has 1 saturated heterocycles. The summed E-state index contributed by atoms with van der Waals surface area (Å²) >= 11 is 0. The van der Waals surface area contributed by atoms with Crippen molar-refractivity contribution >= 4 is 16.9 Å². The molecule has 1 fully saturated rings. The highest BCUT2D eigenvalue weighted by molar-refractivity contribution is 5.84. The summed E-state index contributed by atoms with van der Waals surface area (Å²) in [4.78, 5) is 10.1. The maximum atomic E-state index is 5.55. The first-order valence-corrected chi connectivity index (χ1v) is 9.80. The lowest BCUT2D eigenvalue weighted by atomic mass is 9.88. The number of aliphatic imine (C=N–C) groups is 1. The number of hydrogen-bond donors (Lipinski definition) is 3. The number of rotatable bonds is 6. The third-order valence-electron chi connectivity index (χ3n) is 5.79. The van der Waals surface area contributed by atoms with Gasteiger partial charge in [0.25, 0.3) is 0 Å². The first-order chi connectivity index (χ1) is 13.0. The average molecular weight is 372 g/mol. The molecule has 1 aromatic heterocycles. The van der Waals surface area contributed by atoms with Crippen LogP contribution in [0.4, 0.5) is 0 Å². The molecule has 148 valence electrons. The molecule has 2 aromatic rings. The number of aromatic amines is 1. The fourth-order valence-corrected chi connectivity index (χ4v) is 3.82. The van der Waals surface area contributed by atoms with Crippen molar-refractivity contribution in [2.45, 2.75) is 31.7 Å². The Kier molecular flexibility index (Phi) is 6.39. The van der Waals surface area contributed by atoms with E-state index in [-0.39, 0.29) is 5.54 Å². The van der Waals surface area contributed by atoms with E-state index in [1.165, 1.54) is 22.0 Å². The molecule has 1 aliphatic rings. The van der Waals surface area contributed by atoms with Gasteiger partial charge in [-0.05, 0) is 57.5 Å². The van der Waals surface area contributed by atoms with Crippen molar-refractivity contribution in [3.63, 3.8) is 0 Å². The molecule has 3 rings (SSSR count). The lowest BCUT2D eigenvalue weighted by Crippen LogP contribution is -2.57. The second kappa shape index (κ2) is 8.76. The lowest BCUT2D eigenvalue weighted by molar-refractivity contribution is -0.00500. The van der Waals surface area contributed by atoms with Gasteiger partial charge in [0.2, 0.25) is 0 Å². The van der Waals surface area contributed by atoms with Crippen molar-refractivity contribution in [1.82, 2.24) is 20.5 Å². The highest BCUT2D eigenvalue weighted by atomic mass is 16.5. The Morgan fingerprint density at radius 1 is 1.26 bits per heavy atom. The number of likely N-dealkylation sites (N-methyl/N-ethyl adjacent to an activating group) is 1. The summed E-state index contributed by atoms with van der Waals surface area (Å²) in [5.74, 6) is 0.860. The highest BCUT2D eigenvalue weighted by Crippen LogP contribution is 2.25. The van der Waals surface area contributed by atoms with Gasteiger partial charge >= 0.3 is 0 Å². The van der Waals surface area contributed by atoms with E-state index < -0.39 is 0 Å². The van der Waals surface area contributed by atoms with Crippen molar-refractivity contribution in [1.29, 1.82) is 0 Å². The van der Waals surface area contributed by atoms with E-state index in [0.29, 0.717) is 0 Å². The summed E-state index contributed by atoms with van der Waals surface area (Å²) in [6, 6.07) is 6.57. The van der Waals surface area contributed by atoms with Crippen LogP contribution in [0.15, 0.2) is 29.4 Å². The zero-order valence-corrected chi connectivity index (χ0v) is 17.1. The average Bonchev–Trinajstić information content (AvgIpc) is 3.07. The van der Waals surface area contributed by atoms with Gasteiger partial charge in [-0.15, -0.1) is 0 Å². The zero-order chi connectivity index (χ0) is 19.3. The summed E-state index contributed by atoms with van der Waals surface area (Å²) in [7, 11) is 6.14. The molecule has 0 bridgehead atoms. The number of guanidine groups is 1. The van der Waals surface area contributed by atoms with Crippen LogP contribution in [0.3, 0.4) is 0 Å². The molecule has 0 saturated carbocycles. The molecule has 1 aliphatic heterocycles. The highest BCUT2D eigenvalue weighted by Gasteiger charge is 2.34. The Bertz CT molecular complexity index is 774. The molecule has 3 N–H and O–H groups in total. The molecule has 27 heavy (non-hydrogen) atoms. The number of aromatic nitrogens is 1. The Balaban J connectivity index is 1.53. The van der Waals surface area contributed by atoms with E-state index in [9.17, 15) is 0 Å². The summed E-state index contributed by atoms with van der Waals surface area (Å²) in [6.07, 6.45) is 5.15. The number of nitrogens with zero attached hydrogens (tertiary/aromatic N) is 2. The second-order valence-electron chi connectivity index (χ2n) is 7.70. The van der Waals surface area contributed by atoms with Gasteiger partial charge in [0, 0.05) is 56.0 Å². The van der Waals surface area contributed by atoms with Crippen molar-refractivity contribution in [3.05, 3.63) is 35.5 Å². The number of aryl methyl sites for hydroxylation is 1. The quantitative estimate of drug-likeness (QED) is 0.539. The molecule has 0 atom stereocenters. The van der Waals surface area contributed by atoms with Crippen LogP contribution in [-0.2, 0) is 11.2 Å². The molecule has 1 aromatic carbocycles. The maximum Gasteiger partial charge on any atom is 0.191 e. The number of hydrogen-bond acceptors (Lipinski definition) is 3. The largest absolute Gasteiger partial charge is 0.381 e. The van der Waals surface area contributed by atoms with E-state index >= 15 is 0 Å². The first-order valence-electron chi connectivity index (χ1n) is 9.80. The standard InChI is InChI=1S/C21H33N5O/c1-16-5-6-18-17(14-24-19(18)13-16)7-10-23-20(22-2)25-15-21(26(3)4)8-11-27-12-9-21/h5-6,13-14,24H,7-12,15H2,1-4H3,(H2,22,23,25). The molecule has 6 heteroatoms. The smallest absolute Gasteiger partial charge is 0.191 e. The summed E-state index contributed by atoms with van der Waals surface area (Å²) in [5.41, 5.74) is 3.95. The van der Waals surface area contributed by atoms with Crippen molar-refractivity contribution in [2.24, 2.45) is 4.99 Å². The molecule has 0 aliphatic carbocycles. The molecule has 0 amide bonds. The van der Waals surface area contributed by atoms with Gasteiger partial charge in [-0.25, -0.2) is 0 Å². The van der Waals surface area contributed by atoms with Crippen LogP contribution in [0.2, 0.25) is 0 Å². The number of H-pyrrole nitrogens is 1. The van der Waals surface area contributed by atoms with Crippen LogP contribution in [0.1, 0.15) is 24.0 Å². The zero-order valence-electron chi connectivity index (χ0n) is 17.1. The van der Waals surface area contributed by atoms with Crippen LogP contribution in [-0.4, -0.2) is 68.8 Å². The molecule has 0 unspecified atom stereocenters. The SMILES string of the molecule is CN=C(NCCc1c[nH]c2cc(C)ccc12)NCC1(N(C)C)CCOCC1. The van der Waals surface area contributed by atoms with Gasteiger partial charge in [0.15, 0.2) is 5.96 Å². The Labute approximate surface area is 162 Å². The van der Waals surface area contributed by atoms with Crippen LogP contribution in [0.25, 0.3) is 10.9 Å². The van der Waals surface area contributed by atoms with Gasteiger partial charge < -0.3 is 25.3 Å². The third-order valence-corrected chi connectivity index (χ3v) is 5.79. The predicted molar refractivity (Wildman–Crippen MR) is 113 cm³/mol. The Morgan fingerprint density at radius 2 is 2.04 bits per heavy atom. The minimum absolute atomic E-state index is 0.130. The molecular weight excluding hydrogens is 338 g/mol. The molecule has 2 heterocycles. The monoisotopic (exact) mass is 371 g/mol. The number of fused-ring (bicyclic) bond motifs is 1. The fraction of sp³-hybridized carbons (Fsp3) is 0.571. The van der Waals surface area contributed by atoms with E-state index in [1.807, 2.05) is 7.05 Å². The van der Waals surface area contributed by atoms with E-state index in [1.54, 1.807) is 0 Å². The number of ether oxygens (including phenoxy) is 1.